The first-order valence-corrected chi connectivity index (χ1v) is 6.81. The summed E-state index contributed by atoms with van der Waals surface area (Å²) in [6.45, 7) is 1.92. The van der Waals surface area contributed by atoms with Crippen molar-refractivity contribution in [2.24, 2.45) is 0 Å². The first kappa shape index (κ1) is 12.9. The van der Waals surface area contributed by atoms with E-state index in [1.165, 1.54) is 34.4 Å². The molecule has 0 aliphatic rings. The summed E-state index contributed by atoms with van der Waals surface area (Å²) in [4.78, 5) is 16.5. The molecule has 0 saturated heterocycles. The lowest BCUT2D eigenvalue weighted by Gasteiger charge is -2.06. The quantitative estimate of drug-likeness (QED) is 0.727. The normalized spacial score (nSPS) is 11.2. The molecule has 2 aromatic heterocycles. The van der Waals surface area contributed by atoms with Crippen LogP contribution in [-0.2, 0) is 6.54 Å². The van der Waals surface area contributed by atoms with E-state index >= 15 is 0 Å². The second kappa shape index (κ2) is 4.79. The fourth-order valence-electron chi connectivity index (χ4n) is 2.01. The number of rotatable bonds is 2. The van der Waals surface area contributed by atoms with Crippen molar-refractivity contribution in [2.45, 2.75) is 13.5 Å². The monoisotopic (exact) mass is 292 g/mol. The van der Waals surface area contributed by atoms with Crippen LogP contribution in [0.3, 0.4) is 0 Å². The van der Waals surface area contributed by atoms with E-state index < -0.39 is 11.6 Å². The van der Waals surface area contributed by atoms with Crippen LogP contribution in [0.25, 0.3) is 10.2 Å². The molecule has 3 nitrogen and oxygen atoms in total. The molecule has 0 saturated carbocycles. The van der Waals surface area contributed by atoms with Gasteiger partial charge < -0.3 is 0 Å². The molecule has 2 heterocycles. The lowest BCUT2D eigenvalue weighted by atomic mass is 10.2. The van der Waals surface area contributed by atoms with E-state index in [1.807, 2.05) is 12.3 Å². The van der Waals surface area contributed by atoms with Crippen LogP contribution >= 0.6 is 11.3 Å². The number of aryl methyl sites for hydroxylation is 1. The van der Waals surface area contributed by atoms with Crippen LogP contribution in [0, 0.1) is 18.6 Å². The molecular formula is C14H10F2N2OS. The van der Waals surface area contributed by atoms with Gasteiger partial charge in [-0.3, -0.25) is 9.36 Å². The van der Waals surface area contributed by atoms with Crippen molar-refractivity contribution in [2.75, 3.05) is 0 Å². The molecule has 1 aromatic carbocycles. The van der Waals surface area contributed by atoms with E-state index in [1.54, 1.807) is 0 Å². The van der Waals surface area contributed by atoms with Gasteiger partial charge in [-0.1, -0.05) is 6.07 Å². The van der Waals surface area contributed by atoms with Crippen LogP contribution in [0.2, 0.25) is 0 Å². The van der Waals surface area contributed by atoms with Gasteiger partial charge in [0.05, 0.1) is 18.4 Å². The summed E-state index contributed by atoms with van der Waals surface area (Å²) < 4.78 is 28.3. The predicted octanol–water partition coefficient (Wildman–Crippen LogP) is 3.09. The Morgan fingerprint density at radius 2 is 2.15 bits per heavy atom. The first-order chi connectivity index (χ1) is 9.56. The van der Waals surface area contributed by atoms with Gasteiger partial charge in [0.25, 0.3) is 5.56 Å². The highest BCUT2D eigenvalue weighted by atomic mass is 32.1. The van der Waals surface area contributed by atoms with Crippen molar-refractivity contribution in [1.82, 2.24) is 9.55 Å². The number of benzene rings is 1. The lowest BCUT2D eigenvalue weighted by molar-refractivity contribution is 0.564. The van der Waals surface area contributed by atoms with Crippen molar-refractivity contribution in [3.63, 3.8) is 0 Å². The Morgan fingerprint density at radius 3 is 2.90 bits per heavy atom. The maximum Gasteiger partial charge on any atom is 0.271 e. The van der Waals surface area contributed by atoms with E-state index in [2.05, 4.69) is 4.98 Å². The molecule has 3 rings (SSSR count). The molecule has 0 atom stereocenters. The number of fused-ring (bicyclic) bond motifs is 1. The number of thiophene rings is 1. The molecule has 0 amide bonds. The summed E-state index contributed by atoms with van der Waals surface area (Å²) in [7, 11) is 0. The second-order valence-corrected chi connectivity index (χ2v) is 5.39. The van der Waals surface area contributed by atoms with Crippen LogP contribution < -0.4 is 5.56 Å². The van der Waals surface area contributed by atoms with Gasteiger partial charge in [0, 0.05) is 11.6 Å². The van der Waals surface area contributed by atoms with Crippen molar-refractivity contribution in [3.05, 3.63) is 63.0 Å². The van der Waals surface area contributed by atoms with Gasteiger partial charge in [0.15, 0.2) is 0 Å². The van der Waals surface area contributed by atoms with Gasteiger partial charge in [0.1, 0.15) is 16.3 Å². The van der Waals surface area contributed by atoms with E-state index in [9.17, 15) is 13.6 Å². The van der Waals surface area contributed by atoms with Gasteiger partial charge in [-0.15, -0.1) is 11.3 Å². The molecule has 3 aromatic rings. The number of nitrogens with zero attached hydrogens (tertiary/aromatic N) is 2. The summed E-state index contributed by atoms with van der Waals surface area (Å²) in [5.74, 6) is -1.31. The zero-order chi connectivity index (χ0) is 14.3. The predicted molar refractivity (Wildman–Crippen MR) is 74.1 cm³/mol. The molecule has 6 heteroatoms. The molecular weight excluding hydrogens is 282 g/mol. The van der Waals surface area contributed by atoms with Gasteiger partial charge >= 0.3 is 0 Å². The Bertz CT molecular complexity index is 854. The lowest BCUT2D eigenvalue weighted by Crippen LogP contribution is -2.20. The van der Waals surface area contributed by atoms with Crippen LogP contribution in [0.4, 0.5) is 8.78 Å². The summed E-state index contributed by atoms with van der Waals surface area (Å²) in [6.07, 6.45) is 1.40. The molecule has 0 radical (unpaired) electrons. The minimum atomic E-state index is -0.667. The number of hydrogen-bond donors (Lipinski definition) is 0. The third kappa shape index (κ3) is 2.12. The van der Waals surface area contributed by atoms with Crippen LogP contribution in [0.15, 0.2) is 34.7 Å². The van der Waals surface area contributed by atoms with Gasteiger partial charge in [-0.25, -0.2) is 13.8 Å². The van der Waals surface area contributed by atoms with E-state index in [0.717, 1.165) is 11.6 Å². The fraction of sp³-hybridized carbons (Fsp3) is 0.143. The Balaban J connectivity index is 2.07. The fourth-order valence-corrected chi connectivity index (χ4v) is 2.96. The number of aromatic nitrogens is 2. The standard InChI is InChI=1S/C14H10F2N2OS/c1-8-6-20-13-12(8)17-7-18(14(13)19)5-9-2-3-10(15)4-11(9)16/h2-4,6-7H,5H2,1H3. The van der Waals surface area contributed by atoms with Gasteiger partial charge in [0.2, 0.25) is 0 Å². The van der Waals surface area contributed by atoms with Gasteiger partial charge in [-0.05, 0) is 23.9 Å². The molecule has 0 bridgehead atoms. The summed E-state index contributed by atoms with van der Waals surface area (Å²) in [5.41, 5.74) is 1.66. The first-order valence-electron chi connectivity index (χ1n) is 5.93. The highest BCUT2D eigenvalue weighted by molar-refractivity contribution is 7.17. The topological polar surface area (TPSA) is 34.9 Å². The zero-order valence-corrected chi connectivity index (χ0v) is 11.4. The van der Waals surface area contributed by atoms with E-state index in [0.29, 0.717) is 10.2 Å². The maximum absolute atomic E-state index is 13.6. The Morgan fingerprint density at radius 1 is 1.35 bits per heavy atom. The van der Waals surface area contributed by atoms with Crippen molar-refractivity contribution < 1.29 is 8.78 Å². The molecule has 0 aliphatic heterocycles. The molecule has 0 fully saturated rings. The van der Waals surface area contributed by atoms with Gasteiger partial charge in [-0.2, -0.15) is 0 Å². The average molecular weight is 292 g/mol. The third-order valence-corrected chi connectivity index (χ3v) is 4.15. The van der Waals surface area contributed by atoms with Crippen LogP contribution in [-0.4, -0.2) is 9.55 Å². The Kier molecular flexibility index (Phi) is 3.10. The highest BCUT2D eigenvalue weighted by Gasteiger charge is 2.10. The third-order valence-electron chi connectivity index (χ3n) is 3.08. The molecule has 0 aliphatic carbocycles. The highest BCUT2D eigenvalue weighted by Crippen LogP contribution is 2.19. The SMILES string of the molecule is Cc1csc2c(=O)n(Cc3ccc(F)cc3F)cnc12. The minimum Gasteiger partial charge on any atom is -0.293 e. The van der Waals surface area contributed by atoms with Crippen LogP contribution in [0.1, 0.15) is 11.1 Å². The molecule has 0 N–H and O–H groups in total. The Labute approximate surface area is 117 Å². The summed E-state index contributed by atoms with van der Waals surface area (Å²) in [5, 5.41) is 1.86. The molecule has 20 heavy (non-hydrogen) atoms. The summed E-state index contributed by atoms with van der Waals surface area (Å²) >= 11 is 1.32. The van der Waals surface area contributed by atoms with E-state index in [-0.39, 0.29) is 17.7 Å². The van der Waals surface area contributed by atoms with Crippen molar-refractivity contribution >= 4 is 21.6 Å². The zero-order valence-electron chi connectivity index (χ0n) is 10.6. The smallest absolute Gasteiger partial charge is 0.271 e. The average Bonchev–Trinajstić information content (AvgIpc) is 2.78. The second-order valence-electron chi connectivity index (χ2n) is 4.51. The maximum atomic E-state index is 13.6. The van der Waals surface area contributed by atoms with E-state index in [4.69, 9.17) is 0 Å². The van der Waals surface area contributed by atoms with Crippen LogP contribution in [0.5, 0.6) is 0 Å². The molecule has 0 unspecified atom stereocenters. The number of halogens is 2. The molecule has 0 spiro atoms. The molecule has 102 valence electrons. The largest absolute Gasteiger partial charge is 0.293 e. The minimum absolute atomic E-state index is 0.0326. The van der Waals surface area contributed by atoms with Crippen molar-refractivity contribution in [1.29, 1.82) is 0 Å². The van der Waals surface area contributed by atoms with Crippen molar-refractivity contribution in [3.8, 4) is 0 Å². The number of hydrogen-bond acceptors (Lipinski definition) is 3. The Hall–Kier alpha value is -2.08. The summed E-state index contributed by atoms with van der Waals surface area (Å²) in [6, 6.07) is 3.31.